The number of aromatic nitrogens is 3. The van der Waals surface area contributed by atoms with Gasteiger partial charge in [-0.3, -0.25) is 4.98 Å². The fraction of sp³-hybridized carbons (Fsp3) is 0.0556. The number of aryl methyl sites for hydroxylation is 1. The van der Waals surface area contributed by atoms with Crippen LogP contribution < -0.4 is 5.32 Å². The van der Waals surface area contributed by atoms with Crippen molar-refractivity contribution in [3.8, 4) is 11.4 Å². The monoisotopic (exact) mass is 318 g/mol. The number of rotatable bonds is 3. The van der Waals surface area contributed by atoms with E-state index < -0.39 is 0 Å². The Balaban J connectivity index is 1.87. The van der Waals surface area contributed by atoms with Crippen molar-refractivity contribution in [1.82, 2.24) is 15.0 Å². The van der Waals surface area contributed by atoms with Crippen LogP contribution in [0.5, 0.6) is 0 Å². The molecule has 0 aliphatic heterocycles. The third-order valence-electron chi connectivity index (χ3n) is 3.49. The molecular weight excluding hydrogens is 304 g/mol. The number of fused-ring (bicyclic) bond motifs is 1. The summed E-state index contributed by atoms with van der Waals surface area (Å²) in [4.78, 5) is 15.7. The summed E-state index contributed by atoms with van der Waals surface area (Å²) in [6, 6.07) is 16.0. The molecule has 0 bridgehead atoms. The first kappa shape index (κ1) is 13.8. The standard InChI is InChI=1S/C18H14N4S/c1-12-11-15-17(20-14-7-9-19-10-8-14)21-16(22-18(15)23-12)13-5-3-2-4-6-13/h2-11H,1H3,(H,19,20,21,22). The van der Waals surface area contributed by atoms with E-state index in [1.807, 2.05) is 42.5 Å². The van der Waals surface area contributed by atoms with Crippen LogP contribution in [0.15, 0.2) is 60.9 Å². The average molecular weight is 318 g/mol. The molecule has 4 aromatic rings. The van der Waals surface area contributed by atoms with Crippen molar-refractivity contribution in [1.29, 1.82) is 0 Å². The molecule has 23 heavy (non-hydrogen) atoms. The number of nitrogens with zero attached hydrogens (tertiary/aromatic N) is 3. The van der Waals surface area contributed by atoms with E-state index in [2.05, 4.69) is 23.3 Å². The van der Waals surface area contributed by atoms with Crippen LogP contribution in [0.4, 0.5) is 11.5 Å². The second kappa shape index (κ2) is 5.78. The van der Waals surface area contributed by atoms with Gasteiger partial charge in [-0.1, -0.05) is 30.3 Å². The molecule has 4 nitrogen and oxygen atoms in total. The summed E-state index contributed by atoms with van der Waals surface area (Å²) < 4.78 is 0. The van der Waals surface area contributed by atoms with Crippen LogP contribution in [0, 0.1) is 6.92 Å². The molecule has 0 amide bonds. The summed E-state index contributed by atoms with van der Waals surface area (Å²) in [5.74, 6) is 1.56. The number of anilines is 2. The third-order valence-corrected chi connectivity index (χ3v) is 4.44. The highest BCUT2D eigenvalue weighted by Crippen LogP contribution is 2.32. The molecule has 0 radical (unpaired) electrons. The van der Waals surface area contributed by atoms with Crippen molar-refractivity contribution in [2.45, 2.75) is 6.92 Å². The van der Waals surface area contributed by atoms with Crippen LogP contribution in [0.2, 0.25) is 0 Å². The molecule has 5 heteroatoms. The molecule has 0 spiro atoms. The Labute approximate surface area is 137 Å². The van der Waals surface area contributed by atoms with Crippen molar-refractivity contribution in [3.63, 3.8) is 0 Å². The molecule has 0 aliphatic carbocycles. The Morgan fingerprint density at radius 2 is 1.74 bits per heavy atom. The molecule has 0 fully saturated rings. The van der Waals surface area contributed by atoms with E-state index >= 15 is 0 Å². The van der Waals surface area contributed by atoms with Crippen molar-refractivity contribution in [2.75, 3.05) is 5.32 Å². The van der Waals surface area contributed by atoms with Gasteiger partial charge in [0.1, 0.15) is 10.6 Å². The van der Waals surface area contributed by atoms with Crippen LogP contribution in [0.25, 0.3) is 21.6 Å². The van der Waals surface area contributed by atoms with Crippen molar-refractivity contribution in [3.05, 3.63) is 65.8 Å². The topological polar surface area (TPSA) is 50.7 Å². The van der Waals surface area contributed by atoms with E-state index in [9.17, 15) is 0 Å². The largest absolute Gasteiger partial charge is 0.339 e. The van der Waals surface area contributed by atoms with Crippen LogP contribution in [0.3, 0.4) is 0 Å². The Morgan fingerprint density at radius 3 is 2.52 bits per heavy atom. The van der Waals surface area contributed by atoms with Gasteiger partial charge >= 0.3 is 0 Å². The molecule has 0 unspecified atom stereocenters. The van der Waals surface area contributed by atoms with E-state index in [0.29, 0.717) is 0 Å². The predicted octanol–water partition coefficient (Wildman–Crippen LogP) is 4.81. The van der Waals surface area contributed by atoms with Gasteiger partial charge in [-0.2, -0.15) is 0 Å². The van der Waals surface area contributed by atoms with Crippen molar-refractivity contribution >= 4 is 33.1 Å². The summed E-state index contributed by atoms with van der Waals surface area (Å²) in [5, 5.41) is 4.43. The normalized spacial score (nSPS) is 10.8. The molecular formula is C18H14N4S. The van der Waals surface area contributed by atoms with Gasteiger partial charge in [-0.05, 0) is 25.1 Å². The van der Waals surface area contributed by atoms with E-state index in [-0.39, 0.29) is 0 Å². The van der Waals surface area contributed by atoms with Gasteiger partial charge in [0.2, 0.25) is 0 Å². The van der Waals surface area contributed by atoms with Gasteiger partial charge in [-0.25, -0.2) is 9.97 Å². The highest BCUT2D eigenvalue weighted by molar-refractivity contribution is 7.18. The number of hydrogen-bond donors (Lipinski definition) is 1. The summed E-state index contributed by atoms with van der Waals surface area (Å²) in [7, 11) is 0. The highest BCUT2D eigenvalue weighted by atomic mass is 32.1. The molecule has 0 saturated carbocycles. The molecule has 0 aliphatic rings. The van der Waals surface area contributed by atoms with Gasteiger partial charge in [-0.15, -0.1) is 11.3 Å². The lowest BCUT2D eigenvalue weighted by Gasteiger charge is -2.08. The minimum atomic E-state index is 0.733. The lowest BCUT2D eigenvalue weighted by Crippen LogP contribution is -1.98. The Hall–Kier alpha value is -2.79. The van der Waals surface area contributed by atoms with E-state index in [1.165, 1.54) is 4.88 Å². The van der Waals surface area contributed by atoms with Crippen LogP contribution >= 0.6 is 11.3 Å². The predicted molar refractivity (Wildman–Crippen MR) is 95.1 cm³/mol. The molecule has 0 saturated heterocycles. The van der Waals surface area contributed by atoms with Crippen molar-refractivity contribution < 1.29 is 0 Å². The summed E-state index contributed by atoms with van der Waals surface area (Å²) >= 11 is 1.68. The number of benzene rings is 1. The average Bonchev–Trinajstić information content (AvgIpc) is 2.97. The fourth-order valence-corrected chi connectivity index (χ4v) is 3.30. The number of pyridine rings is 1. The zero-order valence-corrected chi connectivity index (χ0v) is 13.3. The highest BCUT2D eigenvalue weighted by Gasteiger charge is 2.12. The lowest BCUT2D eigenvalue weighted by atomic mass is 10.2. The van der Waals surface area contributed by atoms with Crippen LogP contribution in [0.1, 0.15) is 4.88 Å². The quantitative estimate of drug-likeness (QED) is 0.589. The number of hydrogen-bond acceptors (Lipinski definition) is 5. The third kappa shape index (κ3) is 2.78. The molecule has 0 atom stereocenters. The molecule has 112 valence electrons. The Bertz CT molecular complexity index is 949. The zero-order chi connectivity index (χ0) is 15.6. The van der Waals surface area contributed by atoms with E-state index in [4.69, 9.17) is 9.97 Å². The zero-order valence-electron chi connectivity index (χ0n) is 12.5. The number of nitrogens with one attached hydrogen (secondary N) is 1. The van der Waals surface area contributed by atoms with Crippen molar-refractivity contribution in [2.24, 2.45) is 0 Å². The summed E-state index contributed by atoms with van der Waals surface area (Å²) in [6.07, 6.45) is 3.52. The summed E-state index contributed by atoms with van der Waals surface area (Å²) in [6.45, 7) is 2.09. The maximum absolute atomic E-state index is 4.74. The molecule has 3 aromatic heterocycles. The van der Waals surface area contributed by atoms with Gasteiger partial charge in [0.15, 0.2) is 5.82 Å². The summed E-state index contributed by atoms with van der Waals surface area (Å²) in [5.41, 5.74) is 1.97. The number of thiophene rings is 1. The first-order valence-corrected chi connectivity index (χ1v) is 8.12. The molecule has 3 heterocycles. The smallest absolute Gasteiger partial charge is 0.163 e. The maximum atomic E-state index is 4.74. The Morgan fingerprint density at radius 1 is 0.957 bits per heavy atom. The fourth-order valence-electron chi connectivity index (χ4n) is 2.43. The van der Waals surface area contributed by atoms with Gasteiger partial charge in [0.05, 0.1) is 5.39 Å². The first-order valence-electron chi connectivity index (χ1n) is 7.30. The molecule has 4 rings (SSSR count). The molecule has 1 aromatic carbocycles. The second-order valence-corrected chi connectivity index (χ2v) is 6.43. The van der Waals surface area contributed by atoms with E-state index in [1.54, 1.807) is 23.7 Å². The van der Waals surface area contributed by atoms with E-state index in [0.717, 1.165) is 33.1 Å². The lowest BCUT2D eigenvalue weighted by molar-refractivity contribution is 1.23. The Kier molecular flexibility index (Phi) is 3.48. The van der Waals surface area contributed by atoms with Crippen LogP contribution in [-0.2, 0) is 0 Å². The molecule has 1 N–H and O–H groups in total. The SMILES string of the molecule is Cc1cc2c(Nc3ccncc3)nc(-c3ccccc3)nc2s1. The van der Waals surface area contributed by atoms with Gasteiger partial charge < -0.3 is 5.32 Å². The minimum absolute atomic E-state index is 0.733. The first-order chi connectivity index (χ1) is 11.3. The van der Waals surface area contributed by atoms with Gasteiger partial charge in [0, 0.05) is 28.5 Å². The second-order valence-electron chi connectivity index (χ2n) is 5.20. The van der Waals surface area contributed by atoms with Gasteiger partial charge in [0.25, 0.3) is 0 Å². The van der Waals surface area contributed by atoms with Crippen LogP contribution in [-0.4, -0.2) is 15.0 Å². The minimum Gasteiger partial charge on any atom is -0.339 e. The maximum Gasteiger partial charge on any atom is 0.163 e.